The van der Waals surface area contributed by atoms with Crippen LogP contribution in [0.25, 0.3) is 0 Å². The van der Waals surface area contributed by atoms with E-state index in [1.165, 1.54) is 25.1 Å². The summed E-state index contributed by atoms with van der Waals surface area (Å²) in [4.78, 5) is 43.8. The van der Waals surface area contributed by atoms with E-state index in [1.54, 1.807) is 0 Å². The fourth-order valence-corrected chi connectivity index (χ4v) is 2.18. The third-order valence-electron chi connectivity index (χ3n) is 3.48. The minimum Gasteiger partial charge on any atom is -0.452 e. The number of esters is 1. The Balaban J connectivity index is 2.03. The number of rotatable bonds is 6. The molecule has 0 fully saturated rings. The summed E-state index contributed by atoms with van der Waals surface area (Å²) in [5.41, 5.74) is -1.14. The van der Waals surface area contributed by atoms with Gasteiger partial charge in [-0.2, -0.15) is 4.39 Å². The third kappa shape index (κ3) is 4.60. The second kappa shape index (κ2) is 7.99. The van der Waals surface area contributed by atoms with Gasteiger partial charge >= 0.3 is 11.7 Å². The maximum Gasteiger partial charge on any atom is 0.339 e. The number of amides is 1. The van der Waals surface area contributed by atoms with E-state index in [0.717, 1.165) is 18.2 Å². The van der Waals surface area contributed by atoms with Crippen LogP contribution in [0.3, 0.4) is 0 Å². The van der Waals surface area contributed by atoms with Crippen molar-refractivity contribution in [3.63, 3.8) is 0 Å². The molecule has 27 heavy (non-hydrogen) atoms. The summed E-state index contributed by atoms with van der Waals surface area (Å²) in [5, 5.41) is 23.8. The maximum absolute atomic E-state index is 13.3. The van der Waals surface area contributed by atoms with Crippen molar-refractivity contribution in [3.8, 4) is 0 Å². The van der Waals surface area contributed by atoms with E-state index in [9.17, 15) is 34.2 Å². The lowest BCUT2D eigenvalue weighted by atomic mass is 10.1. The molecular weight excluding hydrogens is 365 g/mol. The second-order valence-corrected chi connectivity index (χ2v) is 5.25. The summed E-state index contributed by atoms with van der Waals surface area (Å²) in [6.45, 7) is 0.624. The van der Waals surface area contributed by atoms with Crippen molar-refractivity contribution in [1.82, 2.24) is 0 Å². The van der Waals surface area contributed by atoms with E-state index in [1.807, 2.05) is 0 Å². The summed E-state index contributed by atoms with van der Waals surface area (Å²) >= 11 is 0. The van der Waals surface area contributed by atoms with E-state index in [4.69, 9.17) is 4.74 Å². The smallest absolute Gasteiger partial charge is 0.339 e. The average molecular weight is 377 g/mol. The van der Waals surface area contributed by atoms with Crippen LogP contribution in [0.15, 0.2) is 36.4 Å². The average Bonchev–Trinajstić information content (AvgIpc) is 2.61. The number of anilines is 1. The topological polar surface area (TPSA) is 142 Å². The zero-order valence-corrected chi connectivity index (χ0v) is 13.8. The fourth-order valence-electron chi connectivity index (χ4n) is 2.18. The van der Waals surface area contributed by atoms with E-state index >= 15 is 0 Å². The highest BCUT2D eigenvalue weighted by molar-refractivity contribution is 5.96. The van der Waals surface area contributed by atoms with Crippen LogP contribution in [-0.2, 0) is 9.53 Å². The molecule has 0 spiro atoms. The van der Waals surface area contributed by atoms with Gasteiger partial charge in [0.25, 0.3) is 11.6 Å². The molecule has 0 saturated carbocycles. The van der Waals surface area contributed by atoms with Crippen molar-refractivity contribution in [2.45, 2.75) is 6.92 Å². The molecule has 0 aliphatic rings. The van der Waals surface area contributed by atoms with Gasteiger partial charge in [0.05, 0.1) is 15.4 Å². The van der Waals surface area contributed by atoms with Crippen LogP contribution < -0.4 is 5.32 Å². The van der Waals surface area contributed by atoms with Crippen molar-refractivity contribution in [2.24, 2.45) is 0 Å². The minimum atomic E-state index is -1.06. The highest BCUT2D eigenvalue weighted by atomic mass is 19.1. The number of nitrogens with one attached hydrogen (secondary N) is 1. The van der Waals surface area contributed by atoms with Gasteiger partial charge in [0.2, 0.25) is 5.82 Å². The highest BCUT2D eigenvalue weighted by Gasteiger charge is 2.20. The van der Waals surface area contributed by atoms with Gasteiger partial charge in [0.1, 0.15) is 0 Å². The Labute approximate surface area is 150 Å². The quantitative estimate of drug-likeness (QED) is 0.463. The number of nitro benzene ring substituents is 2. The Bertz CT molecular complexity index is 946. The Kier molecular flexibility index (Phi) is 5.75. The first-order chi connectivity index (χ1) is 12.7. The number of carbonyl (C=O) groups is 2. The van der Waals surface area contributed by atoms with Gasteiger partial charge in [-0.3, -0.25) is 25.0 Å². The lowest BCUT2D eigenvalue weighted by Crippen LogP contribution is -2.21. The number of halogens is 1. The molecule has 1 amide bonds. The van der Waals surface area contributed by atoms with Gasteiger partial charge < -0.3 is 10.1 Å². The molecule has 0 bridgehead atoms. The molecule has 0 aromatic heterocycles. The minimum absolute atomic E-state index is 0.0596. The number of hydrogen-bond donors (Lipinski definition) is 1. The first-order valence-corrected chi connectivity index (χ1v) is 7.35. The van der Waals surface area contributed by atoms with Crippen molar-refractivity contribution in [1.29, 1.82) is 0 Å². The SMILES string of the molecule is Cc1c(C(=O)OCC(=O)Nc2ccc(F)c([N+](=O)[O-])c2)cccc1[N+](=O)[O-]. The van der Waals surface area contributed by atoms with E-state index < -0.39 is 39.8 Å². The normalized spacial score (nSPS) is 10.1. The Morgan fingerprint density at radius 3 is 2.41 bits per heavy atom. The monoisotopic (exact) mass is 377 g/mol. The largest absolute Gasteiger partial charge is 0.452 e. The molecule has 0 aliphatic carbocycles. The molecule has 10 nitrogen and oxygen atoms in total. The van der Waals surface area contributed by atoms with Crippen LogP contribution in [0.2, 0.25) is 0 Å². The zero-order chi connectivity index (χ0) is 20.1. The molecule has 0 unspecified atom stereocenters. The molecule has 0 atom stereocenters. The summed E-state index contributed by atoms with van der Waals surface area (Å²) < 4.78 is 18.1. The zero-order valence-electron chi connectivity index (χ0n) is 13.8. The summed E-state index contributed by atoms with van der Waals surface area (Å²) in [7, 11) is 0. The first-order valence-electron chi connectivity index (χ1n) is 7.35. The molecule has 0 heterocycles. The number of nitro groups is 2. The van der Waals surface area contributed by atoms with Gasteiger partial charge in [0.15, 0.2) is 6.61 Å². The molecule has 0 aliphatic heterocycles. The standard InChI is InChI=1S/C16H12FN3O7/c1-9-11(3-2-4-13(9)19(23)24)16(22)27-8-15(21)18-10-5-6-12(17)14(7-10)20(25)26/h2-7H,8H2,1H3,(H,18,21). The van der Waals surface area contributed by atoms with Crippen LogP contribution in [0.5, 0.6) is 0 Å². The second-order valence-electron chi connectivity index (χ2n) is 5.25. The Morgan fingerprint density at radius 1 is 1.11 bits per heavy atom. The molecular formula is C16H12FN3O7. The van der Waals surface area contributed by atoms with Crippen molar-refractivity contribution in [2.75, 3.05) is 11.9 Å². The summed E-state index contributed by atoms with van der Waals surface area (Å²) in [6, 6.07) is 6.57. The Morgan fingerprint density at radius 2 is 1.78 bits per heavy atom. The van der Waals surface area contributed by atoms with Crippen molar-refractivity contribution in [3.05, 3.63) is 73.6 Å². The lowest BCUT2D eigenvalue weighted by Gasteiger charge is -2.08. The Hall–Kier alpha value is -3.89. The molecule has 2 rings (SSSR count). The van der Waals surface area contributed by atoms with E-state index in [-0.39, 0.29) is 22.5 Å². The van der Waals surface area contributed by atoms with Gasteiger partial charge in [-0.25, -0.2) is 4.79 Å². The predicted molar refractivity (Wildman–Crippen MR) is 89.8 cm³/mol. The molecule has 2 aromatic carbocycles. The van der Waals surface area contributed by atoms with E-state index in [0.29, 0.717) is 0 Å². The van der Waals surface area contributed by atoms with Gasteiger partial charge in [-0.15, -0.1) is 0 Å². The molecule has 140 valence electrons. The fraction of sp³-hybridized carbons (Fsp3) is 0.125. The number of nitrogens with zero attached hydrogens (tertiary/aromatic N) is 2. The van der Waals surface area contributed by atoms with Gasteiger partial charge in [-0.05, 0) is 25.1 Å². The van der Waals surface area contributed by atoms with Crippen LogP contribution in [0.1, 0.15) is 15.9 Å². The lowest BCUT2D eigenvalue weighted by molar-refractivity contribution is -0.387. The predicted octanol–water partition coefficient (Wildman–Crippen LogP) is 2.75. The van der Waals surface area contributed by atoms with Crippen molar-refractivity contribution >= 4 is 28.9 Å². The molecule has 1 N–H and O–H groups in total. The highest BCUT2D eigenvalue weighted by Crippen LogP contribution is 2.23. The first kappa shape index (κ1) is 19.4. The van der Waals surface area contributed by atoms with Gasteiger partial charge in [-0.1, -0.05) is 6.07 Å². The van der Waals surface area contributed by atoms with Crippen LogP contribution in [-0.4, -0.2) is 28.3 Å². The number of carbonyl (C=O) groups excluding carboxylic acids is 2. The van der Waals surface area contributed by atoms with Crippen LogP contribution >= 0.6 is 0 Å². The van der Waals surface area contributed by atoms with Crippen LogP contribution in [0.4, 0.5) is 21.5 Å². The molecule has 0 saturated heterocycles. The number of benzene rings is 2. The molecule has 11 heteroatoms. The number of hydrogen-bond acceptors (Lipinski definition) is 7. The van der Waals surface area contributed by atoms with Gasteiger partial charge in [0, 0.05) is 23.4 Å². The third-order valence-corrected chi connectivity index (χ3v) is 3.48. The molecule has 0 radical (unpaired) electrons. The van der Waals surface area contributed by atoms with Crippen LogP contribution in [0, 0.1) is 33.0 Å². The van der Waals surface area contributed by atoms with E-state index in [2.05, 4.69) is 5.32 Å². The maximum atomic E-state index is 13.3. The summed E-state index contributed by atoms with van der Waals surface area (Å²) in [6.07, 6.45) is 0. The molecule has 2 aromatic rings. The summed E-state index contributed by atoms with van der Waals surface area (Å²) in [5.74, 6) is -2.84. The number of ether oxygens (including phenoxy) is 1. The van der Waals surface area contributed by atoms with Crippen molar-refractivity contribution < 1.29 is 28.6 Å².